The van der Waals surface area contributed by atoms with Gasteiger partial charge in [-0.25, -0.2) is 4.68 Å². The van der Waals surface area contributed by atoms with Crippen LogP contribution in [0.4, 0.5) is 0 Å². The second-order valence-corrected chi connectivity index (χ2v) is 6.23. The average Bonchev–Trinajstić information content (AvgIpc) is 2.90. The largest absolute Gasteiger partial charge is 0.353 e. The minimum absolute atomic E-state index is 0.129. The zero-order chi connectivity index (χ0) is 15.5. The Morgan fingerprint density at radius 2 is 2.27 bits per heavy atom. The van der Waals surface area contributed by atoms with Crippen molar-refractivity contribution in [1.82, 2.24) is 20.0 Å². The molecule has 0 amide bonds. The molecule has 2 aromatic heterocycles. The van der Waals surface area contributed by atoms with Gasteiger partial charge in [0.15, 0.2) is 6.29 Å². The van der Waals surface area contributed by atoms with E-state index in [1.807, 2.05) is 26.1 Å². The third kappa shape index (κ3) is 3.37. The van der Waals surface area contributed by atoms with Gasteiger partial charge >= 0.3 is 0 Å². The monoisotopic (exact) mass is 366 g/mol. The lowest BCUT2D eigenvalue weighted by Crippen LogP contribution is -2.22. The SMILES string of the molecule is Cc1nc(-c2nnn(C)c2COC2CCCCO2)ccc1Br. The lowest BCUT2D eigenvalue weighted by Gasteiger charge is -2.22. The molecule has 3 rings (SSSR count). The third-order valence-electron chi connectivity index (χ3n) is 3.75. The van der Waals surface area contributed by atoms with Crippen molar-refractivity contribution < 1.29 is 9.47 Å². The number of aromatic nitrogens is 4. The number of aryl methyl sites for hydroxylation is 2. The molecule has 1 saturated heterocycles. The van der Waals surface area contributed by atoms with Crippen molar-refractivity contribution in [2.45, 2.75) is 39.1 Å². The molecule has 0 radical (unpaired) electrons. The number of rotatable bonds is 4. The summed E-state index contributed by atoms with van der Waals surface area (Å²) in [5.41, 5.74) is 3.39. The van der Waals surface area contributed by atoms with E-state index in [4.69, 9.17) is 9.47 Å². The first-order chi connectivity index (χ1) is 10.6. The van der Waals surface area contributed by atoms with E-state index in [0.29, 0.717) is 6.61 Å². The van der Waals surface area contributed by atoms with Crippen LogP contribution in [-0.2, 0) is 23.1 Å². The Balaban J connectivity index is 1.79. The lowest BCUT2D eigenvalue weighted by molar-refractivity contribution is -0.169. The molecule has 0 N–H and O–H groups in total. The molecule has 1 aliphatic heterocycles. The number of halogens is 1. The van der Waals surface area contributed by atoms with Crippen LogP contribution in [0.3, 0.4) is 0 Å². The van der Waals surface area contributed by atoms with Gasteiger partial charge in [0.05, 0.1) is 23.7 Å². The van der Waals surface area contributed by atoms with Crippen LogP contribution in [0.25, 0.3) is 11.4 Å². The second-order valence-electron chi connectivity index (χ2n) is 5.38. The molecule has 3 heterocycles. The summed E-state index contributed by atoms with van der Waals surface area (Å²) in [6.07, 6.45) is 3.07. The molecule has 1 unspecified atom stereocenters. The van der Waals surface area contributed by atoms with Crippen molar-refractivity contribution in [3.8, 4) is 11.4 Å². The Kier molecular flexibility index (Phi) is 4.85. The van der Waals surface area contributed by atoms with Gasteiger partial charge in [0.1, 0.15) is 5.69 Å². The maximum atomic E-state index is 5.86. The molecule has 0 spiro atoms. The molecule has 118 valence electrons. The van der Waals surface area contributed by atoms with Gasteiger partial charge in [0.25, 0.3) is 0 Å². The Morgan fingerprint density at radius 3 is 3.00 bits per heavy atom. The highest BCUT2D eigenvalue weighted by atomic mass is 79.9. The van der Waals surface area contributed by atoms with Crippen LogP contribution < -0.4 is 0 Å². The second kappa shape index (κ2) is 6.85. The van der Waals surface area contributed by atoms with Gasteiger partial charge in [-0.1, -0.05) is 5.21 Å². The summed E-state index contributed by atoms with van der Waals surface area (Å²) < 4.78 is 14.2. The molecule has 1 atom stereocenters. The van der Waals surface area contributed by atoms with Gasteiger partial charge in [0, 0.05) is 18.1 Å². The Bertz CT molecular complexity index is 653. The molecule has 1 fully saturated rings. The maximum absolute atomic E-state index is 5.86. The fraction of sp³-hybridized carbons (Fsp3) is 0.533. The van der Waals surface area contributed by atoms with Gasteiger partial charge in [-0.05, 0) is 54.2 Å². The van der Waals surface area contributed by atoms with E-state index in [-0.39, 0.29) is 6.29 Å². The average molecular weight is 367 g/mol. The number of nitrogens with zero attached hydrogens (tertiary/aromatic N) is 4. The fourth-order valence-corrected chi connectivity index (χ4v) is 2.65. The standard InChI is InChI=1S/C15H19BrN4O2/c1-10-11(16)6-7-12(17-10)15-13(20(2)19-18-15)9-22-14-5-3-4-8-21-14/h6-7,14H,3-5,8-9H2,1-2H3. The summed E-state index contributed by atoms with van der Waals surface area (Å²) in [4.78, 5) is 4.56. The molecule has 0 aromatic carbocycles. The van der Waals surface area contributed by atoms with Crippen LogP contribution in [0.1, 0.15) is 30.7 Å². The highest BCUT2D eigenvalue weighted by Crippen LogP contribution is 2.24. The van der Waals surface area contributed by atoms with Crippen molar-refractivity contribution in [3.63, 3.8) is 0 Å². The summed E-state index contributed by atoms with van der Waals surface area (Å²) in [5, 5.41) is 8.34. The van der Waals surface area contributed by atoms with Crippen molar-refractivity contribution in [2.24, 2.45) is 7.05 Å². The fourth-order valence-electron chi connectivity index (χ4n) is 2.43. The molecule has 6 nitrogen and oxygen atoms in total. The van der Waals surface area contributed by atoms with Crippen molar-refractivity contribution >= 4 is 15.9 Å². The van der Waals surface area contributed by atoms with Crippen molar-refractivity contribution in [2.75, 3.05) is 6.61 Å². The number of ether oxygens (including phenoxy) is 2. The minimum Gasteiger partial charge on any atom is -0.353 e. The zero-order valence-electron chi connectivity index (χ0n) is 12.8. The van der Waals surface area contributed by atoms with Crippen molar-refractivity contribution in [1.29, 1.82) is 0 Å². The van der Waals surface area contributed by atoms with Crippen LogP contribution in [0.5, 0.6) is 0 Å². The highest BCUT2D eigenvalue weighted by molar-refractivity contribution is 9.10. The Labute approximate surface area is 138 Å². The Morgan fingerprint density at radius 1 is 1.41 bits per heavy atom. The molecule has 1 aliphatic rings. The third-order valence-corrected chi connectivity index (χ3v) is 4.59. The van der Waals surface area contributed by atoms with Crippen LogP contribution in [-0.4, -0.2) is 32.9 Å². The minimum atomic E-state index is -0.129. The molecule has 7 heteroatoms. The quantitative estimate of drug-likeness (QED) is 0.832. The number of hydrogen-bond acceptors (Lipinski definition) is 5. The van der Waals surface area contributed by atoms with Gasteiger partial charge in [-0.2, -0.15) is 0 Å². The molecule has 22 heavy (non-hydrogen) atoms. The summed E-state index contributed by atoms with van der Waals surface area (Å²) >= 11 is 3.46. The van der Waals surface area contributed by atoms with E-state index in [1.165, 1.54) is 0 Å². The summed E-state index contributed by atoms with van der Waals surface area (Å²) in [5.74, 6) is 0. The lowest BCUT2D eigenvalue weighted by atomic mass is 10.2. The van der Waals surface area contributed by atoms with E-state index < -0.39 is 0 Å². The van der Waals surface area contributed by atoms with Gasteiger partial charge in [-0.3, -0.25) is 4.98 Å². The van der Waals surface area contributed by atoms with Crippen molar-refractivity contribution in [3.05, 3.63) is 28.0 Å². The van der Waals surface area contributed by atoms with E-state index in [9.17, 15) is 0 Å². The van der Waals surface area contributed by atoms with E-state index in [0.717, 1.165) is 53.1 Å². The van der Waals surface area contributed by atoms with Crippen LogP contribution >= 0.6 is 15.9 Å². The molecule has 0 aliphatic carbocycles. The first-order valence-corrected chi connectivity index (χ1v) is 8.19. The zero-order valence-corrected chi connectivity index (χ0v) is 14.3. The van der Waals surface area contributed by atoms with E-state index in [2.05, 4.69) is 31.2 Å². The van der Waals surface area contributed by atoms with E-state index >= 15 is 0 Å². The predicted octanol–water partition coefficient (Wildman–Crippen LogP) is 2.99. The van der Waals surface area contributed by atoms with E-state index in [1.54, 1.807) is 4.68 Å². The summed E-state index contributed by atoms with van der Waals surface area (Å²) in [6.45, 7) is 3.14. The normalized spacial score (nSPS) is 18.6. The van der Waals surface area contributed by atoms with Gasteiger partial charge < -0.3 is 9.47 Å². The smallest absolute Gasteiger partial charge is 0.158 e. The van der Waals surface area contributed by atoms with Crippen LogP contribution in [0, 0.1) is 6.92 Å². The van der Waals surface area contributed by atoms with Crippen LogP contribution in [0.15, 0.2) is 16.6 Å². The number of pyridine rings is 1. The molecule has 0 bridgehead atoms. The maximum Gasteiger partial charge on any atom is 0.158 e. The molecule has 2 aromatic rings. The predicted molar refractivity (Wildman–Crippen MR) is 85.1 cm³/mol. The van der Waals surface area contributed by atoms with Gasteiger partial charge in [-0.15, -0.1) is 5.10 Å². The Hall–Kier alpha value is -1.31. The molecular formula is C15H19BrN4O2. The topological polar surface area (TPSA) is 62.1 Å². The first kappa shape index (κ1) is 15.6. The highest BCUT2D eigenvalue weighted by Gasteiger charge is 2.19. The summed E-state index contributed by atoms with van der Waals surface area (Å²) in [7, 11) is 1.86. The number of hydrogen-bond donors (Lipinski definition) is 0. The molecule has 0 saturated carbocycles. The van der Waals surface area contributed by atoms with Gasteiger partial charge in [0.2, 0.25) is 0 Å². The first-order valence-electron chi connectivity index (χ1n) is 7.40. The van der Waals surface area contributed by atoms with Crippen LogP contribution in [0.2, 0.25) is 0 Å². The molecular weight excluding hydrogens is 348 g/mol. The summed E-state index contributed by atoms with van der Waals surface area (Å²) in [6, 6.07) is 3.91.